The van der Waals surface area contributed by atoms with Crippen LogP contribution in [0.4, 0.5) is 11.4 Å². The van der Waals surface area contributed by atoms with E-state index in [2.05, 4.69) is 10.0 Å². The van der Waals surface area contributed by atoms with Crippen molar-refractivity contribution in [1.29, 1.82) is 0 Å². The zero-order valence-corrected chi connectivity index (χ0v) is 14.2. The van der Waals surface area contributed by atoms with Crippen LogP contribution in [0.25, 0.3) is 0 Å². The van der Waals surface area contributed by atoms with Crippen LogP contribution in [0.3, 0.4) is 0 Å². The number of hydrogen-bond acceptors (Lipinski definition) is 4. The molecule has 7 heteroatoms. The van der Waals surface area contributed by atoms with Crippen molar-refractivity contribution < 1.29 is 17.9 Å². The van der Waals surface area contributed by atoms with Crippen molar-refractivity contribution in [3.63, 3.8) is 0 Å². The highest BCUT2D eigenvalue weighted by Crippen LogP contribution is 2.33. The molecular weight excluding hydrogens is 328 g/mol. The molecule has 0 fully saturated rings. The van der Waals surface area contributed by atoms with Gasteiger partial charge >= 0.3 is 0 Å². The Bertz CT molecular complexity index is 907. The van der Waals surface area contributed by atoms with Crippen LogP contribution < -0.4 is 14.8 Å². The molecule has 3 rings (SSSR count). The summed E-state index contributed by atoms with van der Waals surface area (Å²) >= 11 is 0. The maximum Gasteiger partial charge on any atom is 0.262 e. The van der Waals surface area contributed by atoms with Crippen molar-refractivity contribution >= 4 is 27.3 Å². The number of amides is 1. The summed E-state index contributed by atoms with van der Waals surface area (Å²) in [6, 6.07) is 10.3. The highest BCUT2D eigenvalue weighted by molar-refractivity contribution is 7.92. The molecule has 126 valence electrons. The molecule has 0 aliphatic carbocycles. The Kier molecular flexibility index (Phi) is 4.19. The Labute approximate surface area is 140 Å². The largest absolute Gasteiger partial charge is 0.482 e. The molecule has 24 heavy (non-hydrogen) atoms. The maximum absolute atomic E-state index is 12.7. The summed E-state index contributed by atoms with van der Waals surface area (Å²) in [5, 5.41) is 2.66. The lowest BCUT2D eigenvalue weighted by Crippen LogP contribution is -2.26. The van der Waals surface area contributed by atoms with Crippen LogP contribution >= 0.6 is 0 Å². The van der Waals surface area contributed by atoms with E-state index in [1.807, 2.05) is 25.1 Å². The normalized spacial score (nSPS) is 13.7. The first-order valence-electron chi connectivity index (χ1n) is 7.58. The fourth-order valence-electron chi connectivity index (χ4n) is 2.57. The van der Waals surface area contributed by atoms with Gasteiger partial charge in [-0.2, -0.15) is 0 Å². The first kappa shape index (κ1) is 16.3. The van der Waals surface area contributed by atoms with Crippen molar-refractivity contribution in [2.45, 2.75) is 25.2 Å². The highest BCUT2D eigenvalue weighted by Gasteiger charge is 2.23. The molecule has 0 bridgehead atoms. The molecule has 2 aromatic carbocycles. The second-order valence-electron chi connectivity index (χ2n) is 5.61. The highest BCUT2D eigenvalue weighted by atomic mass is 32.2. The van der Waals surface area contributed by atoms with Crippen LogP contribution in [0.2, 0.25) is 0 Å². The summed E-state index contributed by atoms with van der Waals surface area (Å²) in [7, 11) is -3.76. The number of ether oxygens (including phenoxy) is 1. The summed E-state index contributed by atoms with van der Waals surface area (Å²) in [6.45, 7) is 3.56. The predicted octanol–water partition coefficient (Wildman–Crippen LogP) is 2.69. The van der Waals surface area contributed by atoms with E-state index in [1.54, 1.807) is 19.1 Å². The Morgan fingerprint density at radius 1 is 1.25 bits per heavy atom. The number of carbonyl (C=O) groups is 1. The van der Waals surface area contributed by atoms with Crippen LogP contribution in [0.15, 0.2) is 41.3 Å². The first-order chi connectivity index (χ1) is 11.4. The monoisotopic (exact) mass is 346 g/mol. The number of carbonyl (C=O) groups excluding carboxylic acids is 1. The molecule has 0 unspecified atom stereocenters. The van der Waals surface area contributed by atoms with Gasteiger partial charge in [-0.15, -0.1) is 0 Å². The SMILES string of the molecule is CCc1cccc(NS(=O)(=O)c2cc3c(cc2C)NC(=O)CO3)c1. The van der Waals surface area contributed by atoms with Crippen molar-refractivity contribution in [3.05, 3.63) is 47.5 Å². The second-order valence-corrected chi connectivity index (χ2v) is 7.26. The van der Waals surface area contributed by atoms with E-state index in [0.29, 0.717) is 22.7 Å². The minimum Gasteiger partial charge on any atom is -0.482 e. The predicted molar refractivity (Wildman–Crippen MR) is 91.9 cm³/mol. The maximum atomic E-state index is 12.7. The molecule has 0 spiro atoms. The molecular formula is C17H18N2O4S. The van der Waals surface area contributed by atoms with E-state index in [4.69, 9.17) is 4.74 Å². The van der Waals surface area contributed by atoms with Gasteiger partial charge in [-0.25, -0.2) is 8.42 Å². The number of benzene rings is 2. The van der Waals surface area contributed by atoms with Gasteiger partial charge in [0.15, 0.2) is 6.61 Å². The van der Waals surface area contributed by atoms with Gasteiger partial charge in [0.05, 0.1) is 10.6 Å². The summed E-state index contributed by atoms with van der Waals surface area (Å²) in [5.41, 5.74) is 2.57. The molecule has 2 N–H and O–H groups in total. The average Bonchev–Trinajstić information content (AvgIpc) is 2.53. The summed E-state index contributed by atoms with van der Waals surface area (Å²) in [5.74, 6) is 0.0925. The number of fused-ring (bicyclic) bond motifs is 1. The smallest absolute Gasteiger partial charge is 0.262 e. The van der Waals surface area contributed by atoms with Crippen molar-refractivity contribution in [2.75, 3.05) is 16.6 Å². The van der Waals surface area contributed by atoms with E-state index < -0.39 is 10.0 Å². The van der Waals surface area contributed by atoms with E-state index in [0.717, 1.165) is 12.0 Å². The molecule has 0 saturated carbocycles. The van der Waals surface area contributed by atoms with E-state index in [9.17, 15) is 13.2 Å². The molecule has 1 aliphatic rings. The Hall–Kier alpha value is -2.54. The van der Waals surface area contributed by atoms with E-state index in [-0.39, 0.29) is 17.4 Å². The van der Waals surface area contributed by atoms with Crippen LogP contribution in [0.5, 0.6) is 5.75 Å². The van der Waals surface area contributed by atoms with Crippen molar-refractivity contribution in [2.24, 2.45) is 0 Å². The standard InChI is InChI=1S/C17H18N2O4S/c1-3-12-5-4-6-13(8-12)19-24(21,22)16-9-15-14(7-11(16)2)18-17(20)10-23-15/h4-9,19H,3,10H2,1-2H3,(H,18,20). The van der Waals surface area contributed by atoms with Crippen molar-refractivity contribution in [3.8, 4) is 5.75 Å². The van der Waals surface area contributed by atoms with Gasteiger partial charge in [0.25, 0.3) is 15.9 Å². The van der Waals surface area contributed by atoms with Gasteiger partial charge in [0.2, 0.25) is 0 Å². The molecule has 1 amide bonds. The third kappa shape index (κ3) is 3.21. The van der Waals surface area contributed by atoms with E-state index >= 15 is 0 Å². The third-order valence-corrected chi connectivity index (χ3v) is 5.31. The van der Waals surface area contributed by atoms with Gasteiger partial charge in [-0.05, 0) is 42.7 Å². The van der Waals surface area contributed by atoms with Gasteiger partial charge in [0.1, 0.15) is 5.75 Å². The van der Waals surface area contributed by atoms with Gasteiger partial charge < -0.3 is 10.1 Å². The Morgan fingerprint density at radius 2 is 2.04 bits per heavy atom. The third-order valence-electron chi connectivity index (χ3n) is 3.79. The molecule has 0 aromatic heterocycles. The van der Waals surface area contributed by atoms with Gasteiger partial charge in [-0.1, -0.05) is 19.1 Å². The van der Waals surface area contributed by atoms with Crippen LogP contribution in [-0.4, -0.2) is 20.9 Å². The molecule has 2 aromatic rings. The van der Waals surface area contributed by atoms with Gasteiger partial charge in [0, 0.05) is 11.8 Å². The number of hydrogen-bond donors (Lipinski definition) is 2. The molecule has 0 saturated heterocycles. The lowest BCUT2D eigenvalue weighted by Gasteiger charge is -2.20. The number of sulfonamides is 1. The zero-order chi connectivity index (χ0) is 17.3. The molecule has 0 atom stereocenters. The minimum atomic E-state index is -3.76. The molecule has 1 heterocycles. The fourth-order valence-corrected chi connectivity index (χ4v) is 3.86. The summed E-state index contributed by atoms with van der Waals surface area (Å²) in [6.07, 6.45) is 0.820. The van der Waals surface area contributed by atoms with Gasteiger partial charge in [-0.3, -0.25) is 9.52 Å². The quantitative estimate of drug-likeness (QED) is 0.891. The lowest BCUT2D eigenvalue weighted by molar-refractivity contribution is -0.118. The topological polar surface area (TPSA) is 84.5 Å². The van der Waals surface area contributed by atoms with Crippen LogP contribution in [0.1, 0.15) is 18.1 Å². The number of aryl methyl sites for hydroxylation is 2. The zero-order valence-electron chi connectivity index (χ0n) is 13.4. The molecule has 1 aliphatic heterocycles. The molecule has 6 nitrogen and oxygen atoms in total. The Morgan fingerprint density at radius 3 is 2.79 bits per heavy atom. The summed E-state index contributed by atoms with van der Waals surface area (Å²) < 4.78 is 33.3. The minimum absolute atomic E-state index is 0.123. The average molecular weight is 346 g/mol. The first-order valence-corrected chi connectivity index (χ1v) is 9.06. The van der Waals surface area contributed by atoms with Crippen LogP contribution in [0, 0.1) is 6.92 Å². The number of rotatable bonds is 4. The molecule has 0 radical (unpaired) electrons. The summed E-state index contributed by atoms with van der Waals surface area (Å²) in [4.78, 5) is 11.5. The van der Waals surface area contributed by atoms with E-state index in [1.165, 1.54) is 6.07 Å². The Balaban J connectivity index is 1.96. The second kappa shape index (κ2) is 6.16. The lowest BCUT2D eigenvalue weighted by atomic mass is 10.1. The number of anilines is 2. The van der Waals surface area contributed by atoms with Crippen molar-refractivity contribution in [1.82, 2.24) is 0 Å². The number of nitrogens with one attached hydrogen (secondary N) is 2. The van der Waals surface area contributed by atoms with Crippen LogP contribution in [-0.2, 0) is 21.2 Å². The fraction of sp³-hybridized carbons (Fsp3) is 0.235.